The highest BCUT2D eigenvalue weighted by molar-refractivity contribution is 5.75. The summed E-state index contributed by atoms with van der Waals surface area (Å²) in [6.07, 6.45) is 6.43. The maximum atomic E-state index is 11.8. The second kappa shape index (κ2) is 7.13. The minimum atomic E-state index is 0.188. The van der Waals surface area contributed by atoms with Crippen LogP contribution in [0.3, 0.4) is 0 Å². The first kappa shape index (κ1) is 15.5. The van der Waals surface area contributed by atoms with Gasteiger partial charge < -0.3 is 11.1 Å². The number of nitrogens with one attached hydrogen (secondary N) is 1. The largest absolute Gasteiger partial charge is 0.356 e. The van der Waals surface area contributed by atoms with Gasteiger partial charge in [0.1, 0.15) is 0 Å². The van der Waals surface area contributed by atoms with Crippen molar-refractivity contribution in [2.24, 2.45) is 23.0 Å². The Hall–Kier alpha value is -0.570. The van der Waals surface area contributed by atoms with E-state index in [0.29, 0.717) is 18.9 Å². The van der Waals surface area contributed by atoms with Crippen LogP contribution >= 0.6 is 0 Å². The number of carbonyl (C=O) groups excluding carboxylic acids is 1. The van der Waals surface area contributed by atoms with Crippen molar-refractivity contribution < 1.29 is 4.79 Å². The van der Waals surface area contributed by atoms with Crippen molar-refractivity contribution in [1.82, 2.24) is 5.32 Å². The van der Waals surface area contributed by atoms with Crippen LogP contribution in [0.2, 0.25) is 0 Å². The maximum Gasteiger partial charge on any atom is 0.220 e. The lowest BCUT2D eigenvalue weighted by atomic mass is 9.84. The lowest BCUT2D eigenvalue weighted by molar-refractivity contribution is -0.121. The van der Waals surface area contributed by atoms with E-state index in [1.165, 1.54) is 19.3 Å². The van der Waals surface area contributed by atoms with Crippen molar-refractivity contribution in [3.8, 4) is 0 Å². The van der Waals surface area contributed by atoms with Crippen LogP contribution in [-0.2, 0) is 4.79 Å². The summed E-state index contributed by atoms with van der Waals surface area (Å²) < 4.78 is 0. The quantitative estimate of drug-likeness (QED) is 0.734. The summed E-state index contributed by atoms with van der Waals surface area (Å²) in [7, 11) is 0. The Balaban J connectivity index is 2.14. The van der Waals surface area contributed by atoms with Gasteiger partial charge in [-0.1, -0.05) is 27.2 Å². The third-order valence-electron chi connectivity index (χ3n) is 4.24. The first-order valence-corrected chi connectivity index (χ1v) is 7.40. The molecule has 0 saturated heterocycles. The molecule has 106 valence electrons. The molecule has 0 radical (unpaired) electrons. The molecule has 0 aromatic rings. The molecule has 0 spiro atoms. The summed E-state index contributed by atoms with van der Waals surface area (Å²) in [5.41, 5.74) is 5.76. The second-order valence-electron chi connectivity index (χ2n) is 6.79. The van der Waals surface area contributed by atoms with E-state index in [4.69, 9.17) is 5.73 Å². The highest BCUT2D eigenvalue weighted by Crippen LogP contribution is 2.29. The van der Waals surface area contributed by atoms with E-state index in [-0.39, 0.29) is 11.3 Å². The highest BCUT2D eigenvalue weighted by atomic mass is 16.1. The zero-order valence-electron chi connectivity index (χ0n) is 12.3. The van der Waals surface area contributed by atoms with Crippen LogP contribution in [0.15, 0.2) is 0 Å². The standard InChI is InChI=1S/C15H30N2O/c1-12-4-5-13(10-12)11-17-14(18)6-7-15(2,3)8-9-16/h12-13H,4-11,16H2,1-3H3,(H,17,18). The van der Waals surface area contributed by atoms with Crippen LogP contribution in [-0.4, -0.2) is 19.0 Å². The molecule has 3 heteroatoms. The van der Waals surface area contributed by atoms with Crippen LogP contribution in [0.4, 0.5) is 0 Å². The summed E-state index contributed by atoms with van der Waals surface area (Å²) in [5, 5.41) is 3.09. The molecule has 1 fully saturated rings. The summed E-state index contributed by atoms with van der Waals surface area (Å²) in [6.45, 7) is 8.25. The van der Waals surface area contributed by atoms with Crippen LogP contribution in [0, 0.1) is 17.3 Å². The molecule has 0 aliphatic heterocycles. The normalized spacial score (nSPS) is 24.2. The smallest absolute Gasteiger partial charge is 0.220 e. The van der Waals surface area contributed by atoms with Crippen LogP contribution in [0.1, 0.15) is 59.3 Å². The van der Waals surface area contributed by atoms with Gasteiger partial charge in [0.05, 0.1) is 0 Å². The lowest BCUT2D eigenvalue weighted by Gasteiger charge is -2.23. The van der Waals surface area contributed by atoms with E-state index in [9.17, 15) is 4.79 Å². The van der Waals surface area contributed by atoms with E-state index < -0.39 is 0 Å². The molecule has 1 saturated carbocycles. The fourth-order valence-electron chi connectivity index (χ4n) is 2.82. The Morgan fingerprint density at radius 1 is 1.33 bits per heavy atom. The monoisotopic (exact) mass is 254 g/mol. The Morgan fingerprint density at radius 3 is 2.61 bits per heavy atom. The Morgan fingerprint density at radius 2 is 2.06 bits per heavy atom. The number of hydrogen-bond acceptors (Lipinski definition) is 2. The third-order valence-corrected chi connectivity index (χ3v) is 4.24. The molecule has 1 aliphatic carbocycles. The van der Waals surface area contributed by atoms with Gasteiger partial charge in [0.2, 0.25) is 5.91 Å². The average molecular weight is 254 g/mol. The van der Waals surface area contributed by atoms with Crippen LogP contribution in [0.25, 0.3) is 0 Å². The molecule has 3 N–H and O–H groups in total. The molecule has 1 aliphatic rings. The van der Waals surface area contributed by atoms with Crippen molar-refractivity contribution in [3.05, 3.63) is 0 Å². The van der Waals surface area contributed by atoms with E-state index in [0.717, 1.165) is 25.3 Å². The number of nitrogens with two attached hydrogens (primary N) is 1. The summed E-state index contributed by atoms with van der Waals surface area (Å²) in [6, 6.07) is 0. The Kier molecular flexibility index (Phi) is 6.13. The summed E-state index contributed by atoms with van der Waals surface area (Å²) >= 11 is 0. The number of rotatable bonds is 7. The predicted molar refractivity (Wildman–Crippen MR) is 76.2 cm³/mol. The Labute approximate surface area is 112 Å². The van der Waals surface area contributed by atoms with Crippen molar-refractivity contribution in [1.29, 1.82) is 0 Å². The van der Waals surface area contributed by atoms with Crippen molar-refractivity contribution >= 4 is 5.91 Å². The number of hydrogen-bond donors (Lipinski definition) is 2. The molecule has 1 amide bonds. The first-order valence-electron chi connectivity index (χ1n) is 7.40. The molecule has 0 bridgehead atoms. The van der Waals surface area contributed by atoms with Gasteiger partial charge in [0.25, 0.3) is 0 Å². The fraction of sp³-hybridized carbons (Fsp3) is 0.933. The predicted octanol–water partition coefficient (Wildman–Crippen LogP) is 2.69. The SMILES string of the molecule is CC1CCC(CNC(=O)CCC(C)(C)CCN)C1. The molecule has 0 aromatic heterocycles. The van der Waals surface area contributed by atoms with Crippen molar-refractivity contribution in [2.45, 2.75) is 59.3 Å². The minimum absolute atomic E-state index is 0.188. The van der Waals surface area contributed by atoms with Gasteiger partial charge in [-0.2, -0.15) is 0 Å². The van der Waals surface area contributed by atoms with Gasteiger partial charge >= 0.3 is 0 Å². The van der Waals surface area contributed by atoms with Crippen molar-refractivity contribution in [3.63, 3.8) is 0 Å². The maximum absolute atomic E-state index is 11.8. The summed E-state index contributed by atoms with van der Waals surface area (Å²) in [5.74, 6) is 1.76. The van der Waals surface area contributed by atoms with E-state index in [1.54, 1.807) is 0 Å². The minimum Gasteiger partial charge on any atom is -0.356 e. The van der Waals surface area contributed by atoms with Gasteiger partial charge in [0.15, 0.2) is 0 Å². The molecule has 0 aromatic carbocycles. The zero-order valence-corrected chi connectivity index (χ0v) is 12.3. The lowest BCUT2D eigenvalue weighted by Crippen LogP contribution is -2.29. The number of amides is 1. The molecule has 2 atom stereocenters. The summed E-state index contributed by atoms with van der Waals surface area (Å²) in [4.78, 5) is 11.8. The third kappa shape index (κ3) is 5.85. The molecule has 18 heavy (non-hydrogen) atoms. The highest BCUT2D eigenvalue weighted by Gasteiger charge is 2.22. The molecule has 2 unspecified atom stereocenters. The van der Waals surface area contributed by atoms with Crippen molar-refractivity contribution in [2.75, 3.05) is 13.1 Å². The molecule has 0 heterocycles. The van der Waals surface area contributed by atoms with E-state index in [1.807, 2.05) is 0 Å². The van der Waals surface area contributed by atoms with E-state index in [2.05, 4.69) is 26.1 Å². The van der Waals surface area contributed by atoms with Crippen LogP contribution in [0.5, 0.6) is 0 Å². The number of carbonyl (C=O) groups is 1. The topological polar surface area (TPSA) is 55.1 Å². The Bertz CT molecular complexity index is 263. The average Bonchev–Trinajstić information content (AvgIpc) is 2.70. The first-order chi connectivity index (χ1) is 8.43. The van der Waals surface area contributed by atoms with Gasteiger partial charge in [0, 0.05) is 13.0 Å². The van der Waals surface area contributed by atoms with Gasteiger partial charge in [-0.3, -0.25) is 4.79 Å². The zero-order chi connectivity index (χ0) is 13.6. The molecule has 1 rings (SSSR count). The molecular formula is C15H30N2O. The van der Waals surface area contributed by atoms with E-state index >= 15 is 0 Å². The van der Waals surface area contributed by atoms with Gasteiger partial charge in [-0.25, -0.2) is 0 Å². The second-order valence-corrected chi connectivity index (χ2v) is 6.79. The fourth-order valence-corrected chi connectivity index (χ4v) is 2.82. The molecular weight excluding hydrogens is 224 g/mol. The van der Waals surface area contributed by atoms with Gasteiger partial charge in [-0.05, 0) is 49.5 Å². The van der Waals surface area contributed by atoms with Crippen LogP contribution < -0.4 is 11.1 Å². The van der Waals surface area contributed by atoms with Gasteiger partial charge in [-0.15, -0.1) is 0 Å². The molecule has 3 nitrogen and oxygen atoms in total.